The highest BCUT2D eigenvalue weighted by Crippen LogP contribution is 2.31. The minimum Gasteiger partial charge on any atom is -0.355 e. The molecule has 1 saturated heterocycles. The highest BCUT2D eigenvalue weighted by molar-refractivity contribution is 6.02. The van der Waals surface area contributed by atoms with Crippen LogP contribution in [-0.2, 0) is 7.05 Å². The number of hydrogen-bond acceptors (Lipinski definition) is 6. The summed E-state index contributed by atoms with van der Waals surface area (Å²) in [6.45, 7) is 5.77. The third-order valence-electron chi connectivity index (χ3n) is 6.65. The minimum absolute atomic E-state index is 0.0745. The average Bonchev–Trinajstić information content (AvgIpc) is 3.38. The quantitative estimate of drug-likeness (QED) is 0.477. The first kappa shape index (κ1) is 21.5. The second-order valence-corrected chi connectivity index (χ2v) is 9.28. The number of aryl methyl sites for hydroxylation is 1. The van der Waals surface area contributed by atoms with Gasteiger partial charge < -0.3 is 9.80 Å². The van der Waals surface area contributed by atoms with Crippen molar-refractivity contribution in [1.82, 2.24) is 29.2 Å². The Balaban J connectivity index is 1.60. The molecule has 1 fully saturated rings. The highest BCUT2D eigenvalue weighted by Gasteiger charge is 2.25. The van der Waals surface area contributed by atoms with E-state index in [2.05, 4.69) is 39.1 Å². The number of hydrogen-bond donors (Lipinski definition) is 0. The number of anilines is 1. The molecule has 1 aliphatic heterocycles. The third kappa shape index (κ3) is 3.47. The largest absolute Gasteiger partial charge is 0.355 e. The number of nitrogens with zero attached hydrogens (tertiary/aromatic N) is 7. The van der Waals surface area contributed by atoms with Crippen molar-refractivity contribution in [3.63, 3.8) is 0 Å². The van der Waals surface area contributed by atoms with Gasteiger partial charge in [-0.3, -0.25) is 9.13 Å². The van der Waals surface area contributed by atoms with Crippen LogP contribution in [0.15, 0.2) is 35.3 Å². The molecule has 0 saturated carbocycles. The fourth-order valence-electron chi connectivity index (χ4n) is 4.72. The maximum atomic E-state index is 15.1. The van der Waals surface area contributed by atoms with E-state index in [1.54, 1.807) is 23.9 Å². The lowest BCUT2D eigenvalue weighted by molar-refractivity contribution is 0.315. The van der Waals surface area contributed by atoms with Crippen LogP contribution in [-0.4, -0.2) is 62.4 Å². The van der Waals surface area contributed by atoms with Crippen LogP contribution >= 0.6 is 0 Å². The molecule has 1 aromatic carbocycles. The molecule has 4 aromatic rings. The van der Waals surface area contributed by atoms with E-state index in [4.69, 9.17) is 0 Å². The molecule has 172 valence electrons. The zero-order valence-electron chi connectivity index (χ0n) is 19.6. The summed E-state index contributed by atoms with van der Waals surface area (Å²) in [6.07, 6.45) is 2.82. The van der Waals surface area contributed by atoms with Crippen molar-refractivity contribution in [2.24, 2.45) is 7.05 Å². The molecule has 0 bridgehead atoms. The molecule has 0 N–H and O–H groups in total. The van der Waals surface area contributed by atoms with Crippen molar-refractivity contribution in [3.05, 3.63) is 46.8 Å². The predicted molar refractivity (Wildman–Crippen MR) is 128 cm³/mol. The molecule has 4 heterocycles. The predicted octanol–water partition coefficient (Wildman–Crippen LogP) is 3.21. The van der Waals surface area contributed by atoms with E-state index in [-0.39, 0.29) is 11.7 Å². The van der Waals surface area contributed by atoms with Gasteiger partial charge in [-0.15, -0.1) is 10.2 Å². The van der Waals surface area contributed by atoms with E-state index < -0.39 is 5.82 Å². The van der Waals surface area contributed by atoms with Crippen LogP contribution < -0.4 is 10.6 Å². The molecule has 5 rings (SSSR count). The van der Waals surface area contributed by atoms with Crippen molar-refractivity contribution in [2.75, 3.05) is 32.1 Å². The van der Waals surface area contributed by atoms with Crippen LogP contribution in [0.2, 0.25) is 0 Å². The van der Waals surface area contributed by atoms with Gasteiger partial charge in [-0.25, -0.2) is 14.2 Å². The minimum atomic E-state index is -0.395. The van der Waals surface area contributed by atoms with E-state index in [1.165, 1.54) is 10.6 Å². The lowest BCUT2D eigenvalue weighted by Gasteiger charge is -2.21. The van der Waals surface area contributed by atoms with Gasteiger partial charge in [-0.1, -0.05) is 0 Å². The van der Waals surface area contributed by atoms with E-state index in [1.807, 2.05) is 26.0 Å². The topological polar surface area (TPSA) is 72.1 Å². The summed E-state index contributed by atoms with van der Waals surface area (Å²) in [5.41, 5.74) is 2.51. The normalized spacial score (nSPS) is 16.7. The monoisotopic (exact) mass is 449 g/mol. The van der Waals surface area contributed by atoms with E-state index in [9.17, 15) is 4.79 Å². The number of aromatic nitrogens is 5. The summed E-state index contributed by atoms with van der Waals surface area (Å²) in [6, 6.07) is 7.43. The van der Waals surface area contributed by atoms with Crippen LogP contribution in [0.1, 0.15) is 26.3 Å². The molecule has 0 aliphatic carbocycles. The first-order valence-corrected chi connectivity index (χ1v) is 11.2. The second kappa shape index (κ2) is 7.91. The molecule has 9 heteroatoms. The van der Waals surface area contributed by atoms with Gasteiger partial charge in [-0.05, 0) is 52.6 Å². The van der Waals surface area contributed by atoms with E-state index in [0.717, 1.165) is 25.3 Å². The van der Waals surface area contributed by atoms with Gasteiger partial charge in [0.15, 0.2) is 5.65 Å². The lowest BCUT2D eigenvalue weighted by atomic mass is 10.0. The smallest absolute Gasteiger partial charge is 0.330 e. The third-order valence-corrected chi connectivity index (χ3v) is 6.65. The Kier molecular flexibility index (Phi) is 5.16. The Bertz CT molecular complexity index is 1400. The molecule has 3 aromatic heterocycles. The first-order chi connectivity index (χ1) is 15.8. The van der Waals surface area contributed by atoms with Gasteiger partial charge in [0.05, 0.1) is 5.52 Å². The number of fused-ring (bicyclic) bond motifs is 3. The molecule has 0 spiro atoms. The van der Waals surface area contributed by atoms with Crippen LogP contribution in [0, 0.1) is 5.82 Å². The zero-order chi connectivity index (χ0) is 23.4. The number of benzene rings is 1. The van der Waals surface area contributed by atoms with Gasteiger partial charge in [0.2, 0.25) is 0 Å². The second-order valence-electron chi connectivity index (χ2n) is 9.28. The Hall–Kier alpha value is -3.33. The number of rotatable bonds is 4. The summed E-state index contributed by atoms with van der Waals surface area (Å²) >= 11 is 0. The molecule has 0 radical (unpaired) electrons. The highest BCUT2D eigenvalue weighted by atomic mass is 19.1. The zero-order valence-corrected chi connectivity index (χ0v) is 19.6. The lowest BCUT2D eigenvalue weighted by Crippen LogP contribution is -2.31. The SMILES string of the molecule is CC(C)n1c(=O)n(C)c2nnc3cc(F)c(-c4ccc(N5CC[C@@H](N(C)C)C5)nc4)cc3c21. The fourth-order valence-corrected chi connectivity index (χ4v) is 4.72. The van der Waals surface area contributed by atoms with Gasteiger partial charge in [0.25, 0.3) is 0 Å². The standard InChI is InChI=1S/C24H28FN7O/c1-14(2)32-22-18-10-17(19(25)11-20(18)27-28-23(22)30(5)24(32)33)15-6-7-21(26-12-15)31-9-8-16(13-31)29(3)4/h6-7,10-12,14,16H,8-9,13H2,1-5H3/t16-/m1/s1. The Labute approximate surface area is 191 Å². The molecular weight excluding hydrogens is 421 g/mol. The number of imidazole rings is 1. The summed E-state index contributed by atoms with van der Waals surface area (Å²) < 4.78 is 18.3. The molecule has 8 nitrogen and oxygen atoms in total. The maximum absolute atomic E-state index is 15.1. The molecule has 33 heavy (non-hydrogen) atoms. The Morgan fingerprint density at radius 1 is 1.18 bits per heavy atom. The molecule has 1 aliphatic rings. The van der Waals surface area contributed by atoms with Crippen molar-refractivity contribution in [3.8, 4) is 11.1 Å². The van der Waals surface area contributed by atoms with Crippen LogP contribution in [0.3, 0.4) is 0 Å². The molecule has 0 amide bonds. The summed E-state index contributed by atoms with van der Waals surface area (Å²) in [7, 11) is 5.87. The Morgan fingerprint density at radius 3 is 2.61 bits per heavy atom. The van der Waals surface area contributed by atoms with Crippen molar-refractivity contribution >= 4 is 27.9 Å². The first-order valence-electron chi connectivity index (χ1n) is 11.2. The van der Waals surface area contributed by atoms with Crippen molar-refractivity contribution in [1.29, 1.82) is 0 Å². The van der Waals surface area contributed by atoms with Crippen LogP contribution in [0.25, 0.3) is 33.2 Å². The van der Waals surface area contributed by atoms with Crippen LogP contribution in [0.4, 0.5) is 10.2 Å². The maximum Gasteiger partial charge on any atom is 0.330 e. The Morgan fingerprint density at radius 2 is 1.97 bits per heavy atom. The summed E-state index contributed by atoms with van der Waals surface area (Å²) in [4.78, 5) is 21.9. The number of halogens is 1. The molecule has 0 unspecified atom stereocenters. The summed E-state index contributed by atoms with van der Waals surface area (Å²) in [5.74, 6) is 0.503. The van der Waals surface area contributed by atoms with Crippen LogP contribution in [0.5, 0.6) is 0 Å². The van der Waals surface area contributed by atoms with Gasteiger partial charge in [0.1, 0.15) is 17.2 Å². The van der Waals surface area contributed by atoms with E-state index in [0.29, 0.717) is 39.2 Å². The molecular formula is C24H28FN7O. The fraction of sp³-hybridized carbons (Fsp3) is 0.417. The summed E-state index contributed by atoms with van der Waals surface area (Å²) in [5, 5.41) is 9.07. The molecule has 1 atom stereocenters. The van der Waals surface area contributed by atoms with Crippen molar-refractivity contribution < 1.29 is 4.39 Å². The van der Waals surface area contributed by atoms with E-state index >= 15 is 4.39 Å². The van der Waals surface area contributed by atoms with Gasteiger partial charge in [-0.2, -0.15) is 0 Å². The average molecular weight is 450 g/mol. The number of pyridine rings is 1. The van der Waals surface area contributed by atoms with Gasteiger partial charge in [0, 0.05) is 61.0 Å². The van der Waals surface area contributed by atoms with Crippen molar-refractivity contribution in [2.45, 2.75) is 32.4 Å². The van der Waals surface area contributed by atoms with Gasteiger partial charge >= 0.3 is 5.69 Å². The number of likely N-dealkylation sites (N-methyl/N-ethyl adjacent to an activating group) is 1.